The van der Waals surface area contributed by atoms with E-state index in [0.29, 0.717) is 47.4 Å². The summed E-state index contributed by atoms with van der Waals surface area (Å²) < 4.78 is 9.80. The quantitative estimate of drug-likeness (QED) is 0.550. The van der Waals surface area contributed by atoms with Gasteiger partial charge in [0.1, 0.15) is 0 Å². The second-order valence-electron chi connectivity index (χ2n) is 6.08. The van der Waals surface area contributed by atoms with Gasteiger partial charge in [-0.15, -0.1) is 0 Å². The molecule has 0 saturated heterocycles. The number of esters is 1. The molecule has 1 heterocycles. The Morgan fingerprint density at radius 2 is 1.86 bits per heavy atom. The van der Waals surface area contributed by atoms with Gasteiger partial charge >= 0.3 is 12.0 Å². The van der Waals surface area contributed by atoms with Gasteiger partial charge in [0.2, 0.25) is 11.7 Å². The Kier molecular flexibility index (Phi) is 6.80. The number of para-hydroxylation sites is 1. The maximum Gasteiger partial charge on any atom is 0.323 e. The monoisotopic (exact) mass is 414 g/mol. The van der Waals surface area contributed by atoms with Crippen LogP contribution in [-0.2, 0) is 16.0 Å². The first-order valence-electron chi connectivity index (χ1n) is 8.87. The van der Waals surface area contributed by atoms with E-state index < -0.39 is 6.03 Å². The van der Waals surface area contributed by atoms with Gasteiger partial charge in [-0.1, -0.05) is 28.9 Å². The number of hydrogen-bond donors (Lipinski definition) is 2. The number of benzene rings is 2. The molecule has 0 aliphatic heterocycles. The average Bonchev–Trinajstić information content (AvgIpc) is 3.19. The van der Waals surface area contributed by atoms with Crippen LogP contribution in [0.3, 0.4) is 0 Å². The zero-order valence-corrected chi connectivity index (χ0v) is 16.4. The summed E-state index contributed by atoms with van der Waals surface area (Å²) in [6.07, 6.45) is 1.35. The minimum atomic E-state index is -0.404. The number of amides is 2. The van der Waals surface area contributed by atoms with E-state index in [9.17, 15) is 9.59 Å². The Labute approximate surface area is 172 Å². The molecule has 2 aromatic carbocycles. The minimum Gasteiger partial charge on any atom is -0.469 e. The van der Waals surface area contributed by atoms with Crippen LogP contribution in [0.25, 0.3) is 11.4 Å². The van der Waals surface area contributed by atoms with Crippen LogP contribution in [0.2, 0.25) is 5.02 Å². The van der Waals surface area contributed by atoms with Crippen molar-refractivity contribution in [1.82, 2.24) is 10.1 Å². The van der Waals surface area contributed by atoms with E-state index in [4.69, 9.17) is 16.1 Å². The van der Waals surface area contributed by atoms with Gasteiger partial charge in [0, 0.05) is 24.1 Å². The van der Waals surface area contributed by atoms with Gasteiger partial charge in [-0.25, -0.2) is 4.79 Å². The topological polar surface area (TPSA) is 106 Å². The summed E-state index contributed by atoms with van der Waals surface area (Å²) >= 11 is 6.03. The highest BCUT2D eigenvalue weighted by Gasteiger charge is 2.11. The Hall–Kier alpha value is -3.39. The zero-order chi connectivity index (χ0) is 20.6. The number of nitrogens with one attached hydrogen (secondary N) is 2. The van der Waals surface area contributed by atoms with E-state index in [1.54, 1.807) is 48.5 Å². The number of ether oxygens (including phenoxy) is 1. The maximum atomic E-state index is 12.1. The van der Waals surface area contributed by atoms with Crippen molar-refractivity contribution in [2.75, 3.05) is 17.7 Å². The fourth-order valence-corrected chi connectivity index (χ4v) is 2.69. The number of urea groups is 1. The lowest BCUT2D eigenvalue weighted by atomic mass is 10.2. The number of halogens is 1. The van der Waals surface area contributed by atoms with Gasteiger partial charge < -0.3 is 19.9 Å². The van der Waals surface area contributed by atoms with Crippen molar-refractivity contribution in [2.45, 2.75) is 19.3 Å². The van der Waals surface area contributed by atoms with Crippen molar-refractivity contribution in [1.29, 1.82) is 0 Å². The summed E-state index contributed by atoms with van der Waals surface area (Å²) in [4.78, 5) is 27.6. The van der Waals surface area contributed by atoms with E-state index >= 15 is 0 Å². The summed E-state index contributed by atoms with van der Waals surface area (Å²) in [5.41, 5.74) is 1.86. The molecule has 1 aromatic heterocycles. The Morgan fingerprint density at radius 3 is 2.59 bits per heavy atom. The number of aromatic nitrogens is 2. The third-order valence-corrected chi connectivity index (χ3v) is 4.32. The van der Waals surface area contributed by atoms with Crippen molar-refractivity contribution in [3.63, 3.8) is 0 Å². The fourth-order valence-electron chi connectivity index (χ4n) is 2.51. The molecule has 0 bridgehead atoms. The van der Waals surface area contributed by atoms with Gasteiger partial charge in [0.25, 0.3) is 0 Å². The van der Waals surface area contributed by atoms with Crippen molar-refractivity contribution >= 4 is 35.0 Å². The molecule has 0 atom stereocenters. The summed E-state index contributed by atoms with van der Waals surface area (Å²) in [6, 6.07) is 13.6. The molecule has 8 nitrogen and oxygen atoms in total. The predicted octanol–water partition coefficient (Wildman–Crippen LogP) is 4.53. The molecule has 0 aliphatic rings. The fraction of sp³-hybridized carbons (Fsp3) is 0.200. The lowest BCUT2D eigenvalue weighted by Crippen LogP contribution is -2.19. The van der Waals surface area contributed by atoms with Crippen LogP contribution < -0.4 is 10.6 Å². The van der Waals surface area contributed by atoms with Crippen LogP contribution >= 0.6 is 11.6 Å². The first-order chi connectivity index (χ1) is 14.0. The Balaban J connectivity index is 1.55. The van der Waals surface area contributed by atoms with E-state index in [1.165, 1.54) is 7.11 Å². The highest BCUT2D eigenvalue weighted by molar-refractivity contribution is 6.33. The zero-order valence-electron chi connectivity index (χ0n) is 15.6. The molecular formula is C20H19ClN4O4. The van der Waals surface area contributed by atoms with Crippen LogP contribution in [0.15, 0.2) is 53.1 Å². The summed E-state index contributed by atoms with van der Waals surface area (Å²) in [7, 11) is 1.35. The van der Waals surface area contributed by atoms with Gasteiger partial charge in [-0.05, 0) is 42.8 Å². The van der Waals surface area contributed by atoms with Crippen molar-refractivity contribution in [3.8, 4) is 11.4 Å². The minimum absolute atomic E-state index is 0.272. The van der Waals surface area contributed by atoms with Crippen LogP contribution in [0, 0.1) is 0 Å². The molecular weight excluding hydrogens is 396 g/mol. The van der Waals surface area contributed by atoms with E-state index in [1.807, 2.05) is 0 Å². The molecule has 29 heavy (non-hydrogen) atoms. The highest BCUT2D eigenvalue weighted by atomic mass is 35.5. The number of nitrogens with zero attached hydrogens (tertiary/aromatic N) is 2. The van der Waals surface area contributed by atoms with Gasteiger partial charge in [0.15, 0.2) is 0 Å². The van der Waals surface area contributed by atoms with Crippen LogP contribution in [0.1, 0.15) is 18.7 Å². The number of methoxy groups -OCH3 is 1. The number of hydrogen-bond acceptors (Lipinski definition) is 6. The normalized spacial score (nSPS) is 10.4. The Bertz CT molecular complexity index is 988. The molecule has 2 amide bonds. The molecule has 0 saturated carbocycles. The van der Waals surface area contributed by atoms with E-state index in [-0.39, 0.29) is 5.97 Å². The molecule has 0 aliphatic carbocycles. The number of anilines is 2. The molecule has 0 fully saturated rings. The van der Waals surface area contributed by atoms with E-state index in [2.05, 4.69) is 25.5 Å². The lowest BCUT2D eigenvalue weighted by Gasteiger charge is -2.09. The molecule has 0 spiro atoms. The van der Waals surface area contributed by atoms with Gasteiger partial charge in [-0.2, -0.15) is 4.98 Å². The molecule has 9 heteroatoms. The largest absolute Gasteiger partial charge is 0.469 e. The summed E-state index contributed by atoms with van der Waals surface area (Å²) in [5.74, 6) is 0.613. The lowest BCUT2D eigenvalue weighted by molar-refractivity contribution is -0.140. The number of rotatable bonds is 7. The van der Waals surface area contributed by atoms with Crippen molar-refractivity contribution < 1.29 is 18.8 Å². The highest BCUT2D eigenvalue weighted by Crippen LogP contribution is 2.22. The molecule has 0 unspecified atom stereocenters. The van der Waals surface area contributed by atoms with Crippen molar-refractivity contribution in [2.24, 2.45) is 0 Å². The van der Waals surface area contributed by atoms with Crippen LogP contribution in [0.4, 0.5) is 16.2 Å². The standard InChI is InChI=1S/C20H19ClN4O4/c1-28-18(26)8-4-7-17-24-19(25-29-17)13-9-11-14(12-10-13)22-20(27)23-16-6-3-2-5-15(16)21/h2-3,5-6,9-12H,4,7-8H2,1H3,(H2,22,23,27). The Morgan fingerprint density at radius 1 is 1.10 bits per heavy atom. The number of carbonyl (C=O) groups is 2. The molecule has 3 rings (SSSR count). The van der Waals surface area contributed by atoms with Crippen LogP contribution in [-0.4, -0.2) is 29.3 Å². The first-order valence-corrected chi connectivity index (χ1v) is 9.25. The third-order valence-electron chi connectivity index (χ3n) is 3.99. The number of carbonyl (C=O) groups excluding carboxylic acids is 2. The average molecular weight is 415 g/mol. The first kappa shape index (κ1) is 20.3. The maximum absolute atomic E-state index is 12.1. The van der Waals surface area contributed by atoms with Gasteiger partial charge in [-0.3, -0.25) is 4.79 Å². The summed E-state index contributed by atoms with van der Waals surface area (Å²) in [6.45, 7) is 0. The molecule has 150 valence electrons. The summed E-state index contributed by atoms with van der Waals surface area (Å²) in [5, 5.41) is 9.81. The number of aryl methyl sites for hydroxylation is 1. The van der Waals surface area contributed by atoms with Crippen LogP contribution in [0.5, 0.6) is 0 Å². The van der Waals surface area contributed by atoms with Gasteiger partial charge in [0.05, 0.1) is 17.8 Å². The molecule has 2 N–H and O–H groups in total. The second-order valence-corrected chi connectivity index (χ2v) is 6.48. The van der Waals surface area contributed by atoms with Crippen molar-refractivity contribution in [3.05, 3.63) is 59.4 Å². The SMILES string of the molecule is COC(=O)CCCc1nc(-c2ccc(NC(=O)Nc3ccccc3Cl)cc2)no1. The predicted molar refractivity (Wildman–Crippen MR) is 109 cm³/mol. The molecule has 0 radical (unpaired) electrons. The smallest absolute Gasteiger partial charge is 0.323 e. The van der Waals surface area contributed by atoms with E-state index in [0.717, 1.165) is 5.56 Å². The molecule has 3 aromatic rings. The third kappa shape index (κ3) is 5.79. The second kappa shape index (κ2) is 9.70.